The van der Waals surface area contributed by atoms with Crippen LogP contribution in [0.3, 0.4) is 0 Å². The fourth-order valence-electron chi connectivity index (χ4n) is 3.31. The Morgan fingerprint density at radius 1 is 1.05 bits per heavy atom. The Kier molecular flexibility index (Phi) is 5.66. The largest absolute Gasteiger partial charge is 0.317 e. The summed E-state index contributed by atoms with van der Waals surface area (Å²) in [4.78, 5) is 0. The molecule has 0 bridgehead atoms. The number of hydrogen-bond donors (Lipinski definition) is 2. The first-order chi connectivity index (χ1) is 9.07. The molecule has 1 saturated heterocycles. The van der Waals surface area contributed by atoms with E-state index in [1.165, 1.54) is 12.8 Å². The van der Waals surface area contributed by atoms with Crippen molar-refractivity contribution in [1.82, 2.24) is 10.0 Å². The summed E-state index contributed by atoms with van der Waals surface area (Å²) in [7, 11) is -3.11. The smallest absolute Gasteiger partial charge is 0.212 e. The lowest BCUT2D eigenvalue weighted by Gasteiger charge is -2.26. The summed E-state index contributed by atoms with van der Waals surface area (Å²) in [6.45, 7) is 4.10. The Labute approximate surface area is 117 Å². The predicted molar refractivity (Wildman–Crippen MR) is 78.6 cm³/mol. The molecule has 1 heterocycles. The molecule has 0 aromatic heterocycles. The molecule has 0 radical (unpaired) electrons. The van der Waals surface area contributed by atoms with Gasteiger partial charge in [0, 0.05) is 6.04 Å². The van der Waals surface area contributed by atoms with Gasteiger partial charge < -0.3 is 5.32 Å². The monoisotopic (exact) mass is 288 g/mol. The fraction of sp³-hybridized carbons (Fsp3) is 1.00. The number of sulfonamides is 1. The zero-order chi connectivity index (χ0) is 13.7. The molecule has 1 aliphatic heterocycles. The molecular formula is C14H28N2O2S. The summed E-state index contributed by atoms with van der Waals surface area (Å²) in [5.74, 6) is 1.13. The summed E-state index contributed by atoms with van der Waals surface area (Å²) < 4.78 is 27.6. The van der Waals surface area contributed by atoms with E-state index in [-0.39, 0.29) is 6.04 Å². The van der Waals surface area contributed by atoms with Crippen LogP contribution in [0.2, 0.25) is 0 Å². The maximum absolute atomic E-state index is 12.3. The van der Waals surface area contributed by atoms with Crippen LogP contribution in [0.25, 0.3) is 0 Å². The van der Waals surface area contributed by atoms with Crippen LogP contribution >= 0.6 is 0 Å². The lowest BCUT2D eigenvalue weighted by atomic mass is 9.98. The molecule has 1 saturated carbocycles. The fourth-order valence-corrected chi connectivity index (χ4v) is 5.17. The maximum atomic E-state index is 12.3. The molecule has 0 amide bonds. The highest BCUT2D eigenvalue weighted by Gasteiger charge is 2.27. The van der Waals surface area contributed by atoms with Crippen LogP contribution in [0.15, 0.2) is 0 Å². The van der Waals surface area contributed by atoms with Crippen molar-refractivity contribution < 1.29 is 8.42 Å². The van der Waals surface area contributed by atoms with E-state index in [4.69, 9.17) is 0 Å². The van der Waals surface area contributed by atoms with Gasteiger partial charge in [-0.25, -0.2) is 13.1 Å². The lowest BCUT2D eigenvalue weighted by molar-refractivity contribution is 0.383. The van der Waals surface area contributed by atoms with E-state index in [0.29, 0.717) is 17.6 Å². The van der Waals surface area contributed by atoms with Crippen LogP contribution in [0.1, 0.15) is 51.9 Å². The van der Waals surface area contributed by atoms with Crippen LogP contribution in [0.4, 0.5) is 0 Å². The van der Waals surface area contributed by atoms with Crippen molar-refractivity contribution in [3.8, 4) is 0 Å². The first-order valence-electron chi connectivity index (χ1n) is 7.77. The zero-order valence-electron chi connectivity index (χ0n) is 12.0. The molecule has 5 heteroatoms. The second kappa shape index (κ2) is 7.04. The molecule has 112 valence electrons. The van der Waals surface area contributed by atoms with E-state index in [2.05, 4.69) is 17.0 Å². The number of piperidine rings is 1. The highest BCUT2D eigenvalue weighted by molar-refractivity contribution is 7.89. The Hall–Kier alpha value is -0.130. The van der Waals surface area contributed by atoms with Gasteiger partial charge in [-0.1, -0.05) is 26.2 Å². The van der Waals surface area contributed by atoms with Crippen LogP contribution in [0.5, 0.6) is 0 Å². The molecule has 2 N–H and O–H groups in total. The summed E-state index contributed by atoms with van der Waals surface area (Å²) in [6.07, 6.45) is 7.78. The standard InChI is InChI=1S/C14H28N2O2S/c1-12-5-3-2-4-6-14(12)16-19(17,18)11-13-7-9-15-10-8-13/h12-16H,2-11H2,1H3. The van der Waals surface area contributed by atoms with E-state index in [0.717, 1.165) is 45.2 Å². The van der Waals surface area contributed by atoms with Crippen LogP contribution < -0.4 is 10.0 Å². The Morgan fingerprint density at radius 2 is 1.74 bits per heavy atom. The maximum Gasteiger partial charge on any atom is 0.212 e. The van der Waals surface area contributed by atoms with E-state index < -0.39 is 10.0 Å². The Bertz CT molecular complexity index is 364. The molecule has 4 nitrogen and oxygen atoms in total. The molecule has 19 heavy (non-hydrogen) atoms. The third-order valence-electron chi connectivity index (χ3n) is 4.61. The van der Waals surface area contributed by atoms with Crippen LogP contribution in [0, 0.1) is 11.8 Å². The van der Waals surface area contributed by atoms with E-state index in [9.17, 15) is 8.42 Å². The van der Waals surface area contributed by atoms with Crippen molar-refractivity contribution >= 4 is 10.0 Å². The summed E-state index contributed by atoms with van der Waals surface area (Å²) in [5, 5.41) is 3.28. The van der Waals surface area contributed by atoms with E-state index >= 15 is 0 Å². The first-order valence-corrected chi connectivity index (χ1v) is 9.43. The van der Waals surface area contributed by atoms with Gasteiger partial charge in [0.2, 0.25) is 10.0 Å². The predicted octanol–water partition coefficient (Wildman–Crippen LogP) is 1.87. The third-order valence-corrected chi connectivity index (χ3v) is 6.18. The minimum Gasteiger partial charge on any atom is -0.317 e. The topological polar surface area (TPSA) is 58.2 Å². The van der Waals surface area contributed by atoms with Gasteiger partial charge in [0.1, 0.15) is 0 Å². The summed E-state index contributed by atoms with van der Waals surface area (Å²) in [5.41, 5.74) is 0. The quantitative estimate of drug-likeness (QED) is 0.777. The second-order valence-corrected chi connectivity index (χ2v) is 8.11. The van der Waals surface area contributed by atoms with Gasteiger partial charge in [-0.3, -0.25) is 0 Å². The van der Waals surface area contributed by atoms with Crippen molar-refractivity contribution in [3.05, 3.63) is 0 Å². The van der Waals surface area contributed by atoms with Gasteiger partial charge in [0.05, 0.1) is 5.75 Å². The first kappa shape index (κ1) is 15.3. The molecule has 0 spiro atoms. The average Bonchev–Trinajstić information content (AvgIpc) is 2.55. The molecule has 2 atom stereocenters. The second-order valence-electron chi connectivity index (χ2n) is 6.31. The number of hydrogen-bond acceptors (Lipinski definition) is 3. The highest BCUT2D eigenvalue weighted by Crippen LogP contribution is 2.24. The summed E-state index contributed by atoms with van der Waals surface area (Å²) >= 11 is 0. The van der Waals surface area contributed by atoms with E-state index in [1.807, 2.05) is 0 Å². The van der Waals surface area contributed by atoms with Gasteiger partial charge >= 0.3 is 0 Å². The van der Waals surface area contributed by atoms with Gasteiger partial charge in [0.25, 0.3) is 0 Å². The average molecular weight is 288 g/mol. The van der Waals surface area contributed by atoms with Gasteiger partial charge in [-0.2, -0.15) is 0 Å². The Balaban J connectivity index is 1.87. The minimum atomic E-state index is -3.11. The van der Waals surface area contributed by atoms with Gasteiger partial charge in [-0.05, 0) is 50.6 Å². The van der Waals surface area contributed by atoms with Gasteiger partial charge in [-0.15, -0.1) is 0 Å². The molecule has 0 aromatic rings. The SMILES string of the molecule is CC1CCCCCC1NS(=O)(=O)CC1CCNCC1. The van der Waals surface area contributed by atoms with Crippen molar-refractivity contribution in [3.63, 3.8) is 0 Å². The lowest BCUT2D eigenvalue weighted by Crippen LogP contribution is -2.42. The highest BCUT2D eigenvalue weighted by atomic mass is 32.2. The molecule has 2 fully saturated rings. The third kappa shape index (κ3) is 5.04. The molecule has 2 aliphatic rings. The van der Waals surface area contributed by atoms with Gasteiger partial charge in [0.15, 0.2) is 0 Å². The van der Waals surface area contributed by atoms with Crippen molar-refractivity contribution in [2.45, 2.75) is 57.9 Å². The minimum absolute atomic E-state index is 0.161. The van der Waals surface area contributed by atoms with Crippen LogP contribution in [-0.2, 0) is 10.0 Å². The molecular weight excluding hydrogens is 260 g/mol. The van der Waals surface area contributed by atoms with E-state index in [1.54, 1.807) is 0 Å². The van der Waals surface area contributed by atoms with Crippen molar-refractivity contribution in [2.75, 3.05) is 18.8 Å². The Morgan fingerprint density at radius 3 is 2.47 bits per heavy atom. The molecule has 1 aliphatic carbocycles. The summed E-state index contributed by atoms with van der Waals surface area (Å²) in [6, 6.07) is 0.161. The van der Waals surface area contributed by atoms with Crippen LogP contribution in [-0.4, -0.2) is 33.3 Å². The molecule has 2 unspecified atom stereocenters. The molecule has 0 aromatic carbocycles. The number of rotatable bonds is 4. The molecule has 2 rings (SSSR count). The zero-order valence-corrected chi connectivity index (χ0v) is 12.8. The number of nitrogens with one attached hydrogen (secondary N) is 2. The van der Waals surface area contributed by atoms with Crippen molar-refractivity contribution in [1.29, 1.82) is 0 Å². The van der Waals surface area contributed by atoms with Crippen molar-refractivity contribution in [2.24, 2.45) is 11.8 Å². The normalized spacial score (nSPS) is 31.0.